The molecule has 0 aromatic heterocycles. The Bertz CT molecular complexity index is 623. The number of nitrogens with zero attached hydrogens (tertiary/aromatic N) is 1. The minimum absolute atomic E-state index is 0.119. The lowest BCUT2D eigenvalue weighted by molar-refractivity contribution is 0.402. The lowest BCUT2D eigenvalue weighted by Gasteiger charge is -2.22. The zero-order valence-corrected chi connectivity index (χ0v) is 14.2. The Hall–Kier alpha value is -1.60. The molecule has 0 N–H and O–H groups in total. The molecule has 0 heterocycles. The number of hydrogen-bond acceptors (Lipinski definition) is 1. The molecule has 21 heavy (non-hydrogen) atoms. The molecule has 0 fully saturated rings. The number of benzene rings is 2. The predicted molar refractivity (Wildman–Crippen MR) is 92.7 cm³/mol. The van der Waals surface area contributed by atoms with Crippen molar-refractivity contribution in [3.8, 4) is 11.1 Å². The Kier molecular flexibility index (Phi) is 4.53. The van der Waals surface area contributed by atoms with Gasteiger partial charge in [0.2, 0.25) is 0 Å². The van der Waals surface area contributed by atoms with Gasteiger partial charge in [-0.05, 0) is 41.9 Å². The van der Waals surface area contributed by atoms with Crippen molar-refractivity contribution in [1.82, 2.24) is 4.90 Å². The van der Waals surface area contributed by atoms with Crippen molar-refractivity contribution in [2.45, 2.75) is 39.7 Å². The molecule has 1 aliphatic carbocycles. The van der Waals surface area contributed by atoms with Gasteiger partial charge in [-0.1, -0.05) is 70.2 Å². The molecule has 2 aromatic rings. The Morgan fingerprint density at radius 1 is 0.857 bits per heavy atom. The summed E-state index contributed by atoms with van der Waals surface area (Å²) in [6, 6.07) is 15.7. The largest absolute Gasteiger partial charge is 0.305 e. The normalized spacial score (nSPS) is 14.2. The van der Waals surface area contributed by atoms with Crippen LogP contribution in [0.25, 0.3) is 11.1 Å². The third-order valence-electron chi connectivity index (χ3n) is 4.15. The summed E-state index contributed by atoms with van der Waals surface area (Å²) in [7, 11) is 4.24. The Morgan fingerprint density at radius 2 is 1.48 bits per heavy atom. The van der Waals surface area contributed by atoms with Gasteiger partial charge in [0, 0.05) is 12.0 Å². The van der Waals surface area contributed by atoms with Gasteiger partial charge >= 0.3 is 0 Å². The summed E-state index contributed by atoms with van der Waals surface area (Å²) in [5.41, 5.74) is 7.24. The van der Waals surface area contributed by atoms with Gasteiger partial charge < -0.3 is 4.90 Å². The van der Waals surface area contributed by atoms with Crippen LogP contribution in [-0.2, 0) is 12.0 Å². The van der Waals surface area contributed by atoms with Gasteiger partial charge in [-0.2, -0.15) is 0 Å². The molecule has 2 aromatic carbocycles. The van der Waals surface area contributed by atoms with E-state index >= 15 is 0 Å². The molecule has 0 unspecified atom stereocenters. The van der Waals surface area contributed by atoms with Crippen molar-refractivity contribution < 1.29 is 0 Å². The van der Waals surface area contributed by atoms with E-state index in [1.165, 1.54) is 27.8 Å². The highest BCUT2D eigenvalue weighted by molar-refractivity contribution is 5.80. The highest BCUT2D eigenvalue weighted by Gasteiger charge is 2.34. The van der Waals surface area contributed by atoms with Gasteiger partial charge in [0.1, 0.15) is 0 Å². The van der Waals surface area contributed by atoms with Crippen LogP contribution in [-0.4, -0.2) is 19.0 Å². The first-order valence-corrected chi connectivity index (χ1v) is 7.88. The average molecular weight is 281 g/mol. The van der Waals surface area contributed by atoms with Crippen LogP contribution in [0.15, 0.2) is 42.5 Å². The van der Waals surface area contributed by atoms with Crippen LogP contribution in [0.1, 0.15) is 44.4 Å². The highest BCUT2D eigenvalue weighted by atomic mass is 15.0. The minimum atomic E-state index is 0.119. The first-order chi connectivity index (χ1) is 10.00. The fourth-order valence-corrected chi connectivity index (χ4v) is 3.21. The van der Waals surface area contributed by atoms with E-state index in [4.69, 9.17) is 0 Å². The molecule has 1 nitrogen and oxygen atoms in total. The van der Waals surface area contributed by atoms with Gasteiger partial charge in [0.05, 0.1) is 0 Å². The molecule has 0 aliphatic heterocycles. The molecule has 0 radical (unpaired) electrons. The maximum Gasteiger partial charge on any atom is 0.0227 e. The van der Waals surface area contributed by atoms with Gasteiger partial charge in [-0.3, -0.25) is 0 Å². The molecular weight excluding hydrogens is 254 g/mol. The quantitative estimate of drug-likeness (QED) is 0.742. The van der Waals surface area contributed by atoms with E-state index in [0.717, 1.165) is 6.54 Å². The predicted octanol–water partition coefficient (Wildman–Crippen LogP) is 5.08. The van der Waals surface area contributed by atoms with E-state index < -0.39 is 0 Å². The molecule has 1 aliphatic rings. The molecule has 0 atom stereocenters. The topological polar surface area (TPSA) is 3.24 Å². The molecule has 0 saturated heterocycles. The maximum absolute atomic E-state index is 2.38. The summed E-state index contributed by atoms with van der Waals surface area (Å²) in [5, 5.41) is 0. The van der Waals surface area contributed by atoms with Gasteiger partial charge in [0.25, 0.3) is 0 Å². The first kappa shape index (κ1) is 15.8. The monoisotopic (exact) mass is 281 g/mol. The van der Waals surface area contributed by atoms with Crippen LogP contribution in [0.4, 0.5) is 0 Å². The maximum atomic E-state index is 2.38. The molecular formula is C20H27N. The second kappa shape index (κ2) is 6.03. The Morgan fingerprint density at radius 3 is 2.14 bits per heavy atom. The van der Waals surface area contributed by atoms with E-state index in [1.54, 1.807) is 0 Å². The first-order valence-electron chi connectivity index (χ1n) is 7.88. The van der Waals surface area contributed by atoms with E-state index in [-0.39, 0.29) is 5.41 Å². The van der Waals surface area contributed by atoms with Crippen molar-refractivity contribution in [3.63, 3.8) is 0 Å². The molecule has 1 heteroatoms. The summed E-state index contributed by atoms with van der Waals surface area (Å²) in [6.07, 6.45) is 0. The van der Waals surface area contributed by atoms with Crippen LogP contribution in [0, 0.1) is 0 Å². The van der Waals surface area contributed by atoms with Crippen LogP contribution in [0.5, 0.6) is 0 Å². The zero-order chi connectivity index (χ0) is 15.6. The van der Waals surface area contributed by atoms with Gasteiger partial charge in [-0.25, -0.2) is 0 Å². The Labute approximate surface area is 129 Å². The zero-order valence-electron chi connectivity index (χ0n) is 14.2. The lowest BCUT2D eigenvalue weighted by atomic mass is 9.82. The average Bonchev–Trinajstić information content (AvgIpc) is 2.70. The van der Waals surface area contributed by atoms with Crippen LogP contribution in [0.2, 0.25) is 0 Å². The third kappa shape index (κ3) is 2.75. The van der Waals surface area contributed by atoms with E-state index in [0.29, 0.717) is 0 Å². The van der Waals surface area contributed by atoms with Gasteiger partial charge in [-0.15, -0.1) is 0 Å². The summed E-state index contributed by atoms with van der Waals surface area (Å²) in [4.78, 5) is 2.22. The summed E-state index contributed by atoms with van der Waals surface area (Å²) in [5.74, 6) is 0. The van der Waals surface area contributed by atoms with Crippen LogP contribution >= 0.6 is 0 Å². The van der Waals surface area contributed by atoms with E-state index in [1.807, 2.05) is 13.8 Å². The summed E-state index contributed by atoms with van der Waals surface area (Å²) >= 11 is 0. The second-order valence-corrected chi connectivity index (χ2v) is 6.29. The molecule has 0 bridgehead atoms. The van der Waals surface area contributed by atoms with Crippen LogP contribution < -0.4 is 0 Å². The fraction of sp³-hybridized carbons (Fsp3) is 0.400. The fourth-order valence-electron chi connectivity index (χ4n) is 3.21. The number of rotatable bonds is 2. The summed E-state index contributed by atoms with van der Waals surface area (Å²) in [6.45, 7) is 9.66. The van der Waals surface area contributed by atoms with E-state index in [2.05, 4.69) is 75.3 Å². The minimum Gasteiger partial charge on any atom is -0.305 e. The molecule has 0 saturated carbocycles. The SMILES string of the molecule is CC.CN(C)Cc1ccc2c(c1)C(C)(C)c1ccccc1-2. The standard InChI is InChI=1S/C18H21N.C2H6/c1-18(2)16-8-6-5-7-14(16)15-10-9-13(11-17(15)18)12-19(3)4;1-2/h5-11H,12H2,1-4H3;1-2H3. The Balaban J connectivity index is 0.000000774. The molecule has 0 spiro atoms. The molecule has 3 rings (SSSR count). The molecule has 112 valence electrons. The van der Waals surface area contributed by atoms with E-state index in [9.17, 15) is 0 Å². The van der Waals surface area contributed by atoms with Crippen molar-refractivity contribution >= 4 is 0 Å². The highest BCUT2D eigenvalue weighted by Crippen LogP contribution is 2.48. The van der Waals surface area contributed by atoms with Crippen molar-refractivity contribution in [2.75, 3.05) is 14.1 Å². The summed E-state index contributed by atoms with van der Waals surface area (Å²) < 4.78 is 0. The molecule has 0 amide bonds. The van der Waals surface area contributed by atoms with Crippen molar-refractivity contribution in [3.05, 3.63) is 59.2 Å². The number of fused-ring (bicyclic) bond motifs is 3. The van der Waals surface area contributed by atoms with Crippen molar-refractivity contribution in [1.29, 1.82) is 0 Å². The third-order valence-corrected chi connectivity index (χ3v) is 4.15. The second-order valence-electron chi connectivity index (χ2n) is 6.29. The number of hydrogen-bond donors (Lipinski definition) is 0. The van der Waals surface area contributed by atoms with Crippen molar-refractivity contribution in [2.24, 2.45) is 0 Å². The van der Waals surface area contributed by atoms with Gasteiger partial charge in [0.15, 0.2) is 0 Å². The van der Waals surface area contributed by atoms with Crippen LogP contribution in [0.3, 0.4) is 0 Å². The smallest absolute Gasteiger partial charge is 0.0227 e. The lowest BCUT2D eigenvalue weighted by Crippen LogP contribution is -2.16.